The Hall–Kier alpha value is -2.45. The van der Waals surface area contributed by atoms with Crippen LogP contribution >= 0.6 is 11.8 Å². The molecule has 0 unspecified atom stereocenters. The molecule has 100 valence electrons. The van der Waals surface area contributed by atoms with Crippen molar-refractivity contribution in [3.8, 4) is 6.07 Å². The maximum atomic E-state index is 11.8. The molecule has 0 aliphatic heterocycles. The zero-order valence-electron chi connectivity index (χ0n) is 10.7. The van der Waals surface area contributed by atoms with Crippen LogP contribution in [0.15, 0.2) is 53.4 Å². The lowest BCUT2D eigenvalue weighted by Gasteiger charge is -2.06. The molecule has 2 aromatic rings. The Balaban J connectivity index is 1.89. The van der Waals surface area contributed by atoms with Crippen LogP contribution in [0.25, 0.3) is 0 Å². The molecule has 0 saturated carbocycles. The molecular formula is C15H13N3OS. The van der Waals surface area contributed by atoms with E-state index in [0.29, 0.717) is 16.9 Å². The first-order chi connectivity index (χ1) is 9.69. The molecule has 0 fully saturated rings. The number of nitrogens with one attached hydrogen (secondary N) is 1. The van der Waals surface area contributed by atoms with E-state index in [2.05, 4.69) is 5.32 Å². The maximum Gasteiger partial charge on any atom is 0.234 e. The van der Waals surface area contributed by atoms with Gasteiger partial charge in [0.1, 0.15) is 0 Å². The molecule has 0 saturated heterocycles. The normalized spacial score (nSPS) is 9.75. The van der Waals surface area contributed by atoms with Crippen LogP contribution in [0.4, 0.5) is 11.4 Å². The molecule has 0 aliphatic carbocycles. The van der Waals surface area contributed by atoms with E-state index in [-0.39, 0.29) is 11.7 Å². The van der Waals surface area contributed by atoms with Gasteiger partial charge in [-0.2, -0.15) is 5.26 Å². The van der Waals surface area contributed by atoms with Crippen LogP contribution in [-0.2, 0) is 4.79 Å². The van der Waals surface area contributed by atoms with Crippen molar-refractivity contribution < 1.29 is 4.79 Å². The van der Waals surface area contributed by atoms with Crippen LogP contribution in [0, 0.1) is 11.3 Å². The summed E-state index contributed by atoms with van der Waals surface area (Å²) in [6, 6.07) is 16.2. The Morgan fingerprint density at radius 2 is 1.90 bits per heavy atom. The average molecular weight is 283 g/mol. The highest BCUT2D eigenvalue weighted by Gasteiger charge is 2.05. The summed E-state index contributed by atoms with van der Waals surface area (Å²) >= 11 is 1.39. The van der Waals surface area contributed by atoms with E-state index in [9.17, 15) is 4.79 Å². The SMILES string of the molecule is N#Cc1ccc(NC(=O)CSc2ccccc2N)cc1. The molecule has 0 radical (unpaired) electrons. The standard InChI is InChI=1S/C15H13N3OS/c16-9-11-5-7-12(8-6-11)18-15(19)10-20-14-4-2-1-3-13(14)17/h1-8H,10,17H2,(H,18,19). The van der Waals surface area contributed by atoms with Gasteiger partial charge in [-0.15, -0.1) is 11.8 Å². The second kappa shape index (κ2) is 6.64. The number of carbonyl (C=O) groups is 1. The average Bonchev–Trinajstić information content (AvgIpc) is 2.47. The van der Waals surface area contributed by atoms with Crippen molar-refractivity contribution in [3.63, 3.8) is 0 Å². The minimum Gasteiger partial charge on any atom is -0.398 e. The fraction of sp³-hybridized carbons (Fsp3) is 0.0667. The smallest absolute Gasteiger partial charge is 0.234 e. The Labute approximate surface area is 121 Å². The molecule has 1 amide bonds. The number of para-hydroxylation sites is 1. The number of hydrogen-bond acceptors (Lipinski definition) is 4. The van der Waals surface area contributed by atoms with Crippen molar-refractivity contribution in [2.24, 2.45) is 0 Å². The molecule has 4 nitrogen and oxygen atoms in total. The Bertz CT molecular complexity index is 647. The van der Waals surface area contributed by atoms with Crippen LogP contribution in [0.3, 0.4) is 0 Å². The summed E-state index contributed by atoms with van der Waals surface area (Å²) in [6.07, 6.45) is 0. The monoisotopic (exact) mass is 283 g/mol. The van der Waals surface area contributed by atoms with E-state index in [0.717, 1.165) is 4.90 Å². The number of carbonyl (C=O) groups excluding carboxylic acids is 1. The number of hydrogen-bond donors (Lipinski definition) is 2. The molecule has 0 heterocycles. The number of nitrogen functional groups attached to an aromatic ring is 1. The lowest BCUT2D eigenvalue weighted by Crippen LogP contribution is -2.14. The predicted molar refractivity (Wildman–Crippen MR) is 81.4 cm³/mol. The molecule has 0 aromatic heterocycles. The number of benzene rings is 2. The van der Waals surface area contributed by atoms with Gasteiger partial charge in [0.25, 0.3) is 0 Å². The third kappa shape index (κ3) is 3.77. The fourth-order valence-electron chi connectivity index (χ4n) is 1.58. The topological polar surface area (TPSA) is 78.9 Å². The highest BCUT2D eigenvalue weighted by Crippen LogP contribution is 2.24. The van der Waals surface area contributed by atoms with Gasteiger partial charge < -0.3 is 11.1 Å². The molecule has 0 atom stereocenters. The summed E-state index contributed by atoms with van der Waals surface area (Å²) in [7, 11) is 0. The second-order valence-corrected chi connectivity index (χ2v) is 5.08. The maximum absolute atomic E-state index is 11.8. The van der Waals surface area contributed by atoms with Gasteiger partial charge in [-0.3, -0.25) is 4.79 Å². The fourth-order valence-corrected chi connectivity index (χ4v) is 2.35. The van der Waals surface area contributed by atoms with E-state index >= 15 is 0 Å². The van der Waals surface area contributed by atoms with Crippen molar-refractivity contribution in [2.75, 3.05) is 16.8 Å². The summed E-state index contributed by atoms with van der Waals surface area (Å²) in [5.74, 6) is 0.178. The van der Waals surface area contributed by atoms with Crippen molar-refractivity contribution in [1.29, 1.82) is 5.26 Å². The number of thioether (sulfide) groups is 1. The molecule has 3 N–H and O–H groups in total. The van der Waals surface area contributed by atoms with Gasteiger partial charge in [-0.25, -0.2) is 0 Å². The minimum absolute atomic E-state index is 0.108. The summed E-state index contributed by atoms with van der Waals surface area (Å²) < 4.78 is 0. The summed E-state index contributed by atoms with van der Waals surface area (Å²) in [6.45, 7) is 0. The lowest BCUT2D eigenvalue weighted by atomic mass is 10.2. The van der Waals surface area contributed by atoms with Gasteiger partial charge >= 0.3 is 0 Å². The third-order valence-electron chi connectivity index (χ3n) is 2.58. The number of nitrogens with zero attached hydrogens (tertiary/aromatic N) is 1. The van der Waals surface area contributed by atoms with E-state index in [1.807, 2.05) is 24.3 Å². The van der Waals surface area contributed by atoms with E-state index < -0.39 is 0 Å². The zero-order chi connectivity index (χ0) is 14.4. The number of nitriles is 1. The van der Waals surface area contributed by atoms with Crippen LogP contribution in [0.1, 0.15) is 5.56 Å². The first kappa shape index (κ1) is 14.0. The van der Waals surface area contributed by atoms with E-state index in [1.165, 1.54) is 11.8 Å². The predicted octanol–water partition coefficient (Wildman–Crippen LogP) is 2.87. The summed E-state index contributed by atoms with van der Waals surface area (Å²) in [4.78, 5) is 12.7. The van der Waals surface area contributed by atoms with Crippen molar-refractivity contribution >= 4 is 29.0 Å². The van der Waals surface area contributed by atoms with Crippen molar-refractivity contribution in [3.05, 3.63) is 54.1 Å². The Morgan fingerprint density at radius 1 is 1.20 bits per heavy atom. The van der Waals surface area contributed by atoms with Crippen LogP contribution in [-0.4, -0.2) is 11.7 Å². The lowest BCUT2D eigenvalue weighted by molar-refractivity contribution is -0.113. The van der Waals surface area contributed by atoms with Crippen LogP contribution < -0.4 is 11.1 Å². The molecule has 0 spiro atoms. The van der Waals surface area contributed by atoms with Gasteiger partial charge in [-0.1, -0.05) is 12.1 Å². The van der Waals surface area contributed by atoms with Gasteiger partial charge in [0, 0.05) is 16.3 Å². The largest absolute Gasteiger partial charge is 0.398 e. The van der Waals surface area contributed by atoms with Gasteiger partial charge in [0.15, 0.2) is 0 Å². The van der Waals surface area contributed by atoms with Gasteiger partial charge in [-0.05, 0) is 36.4 Å². The van der Waals surface area contributed by atoms with Crippen LogP contribution in [0.2, 0.25) is 0 Å². The summed E-state index contributed by atoms with van der Waals surface area (Å²) in [5, 5.41) is 11.5. The molecule has 0 aliphatic rings. The molecule has 20 heavy (non-hydrogen) atoms. The van der Waals surface area contributed by atoms with Gasteiger partial charge in [0.05, 0.1) is 17.4 Å². The van der Waals surface area contributed by atoms with Crippen molar-refractivity contribution in [2.45, 2.75) is 4.90 Å². The minimum atomic E-state index is -0.108. The van der Waals surface area contributed by atoms with Gasteiger partial charge in [0.2, 0.25) is 5.91 Å². The molecule has 2 rings (SSSR count). The first-order valence-corrected chi connectivity index (χ1v) is 6.95. The van der Waals surface area contributed by atoms with E-state index in [1.54, 1.807) is 30.3 Å². The molecule has 2 aromatic carbocycles. The molecule has 0 bridgehead atoms. The van der Waals surface area contributed by atoms with Crippen LogP contribution in [0.5, 0.6) is 0 Å². The molecule has 5 heteroatoms. The Morgan fingerprint density at radius 3 is 2.55 bits per heavy atom. The Kier molecular flexibility index (Phi) is 4.64. The zero-order valence-corrected chi connectivity index (χ0v) is 11.5. The summed E-state index contributed by atoms with van der Waals surface area (Å²) in [5.41, 5.74) is 7.72. The highest BCUT2D eigenvalue weighted by atomic mass is 32.2. The third-order valence-corrected chi connectivity index (χ3v) is 3.66. The quantitative estimate of drug-likeness (QED) is 0.668. The highest BCUT2D eigenvalue weighted by molar-refractivity contribution is 8.00. The molecular weight excluding hydrogens is 270 g/mol. The number of rotatable bonds is 4. The number of nitrogens with two attached hydrogens (primary N) is 1. The second-order valence-electron chi connectivity index (χ2n) is 4.06. The van der Waals surface area contributed by atoms with Crippen molar-refractivity contribution in [1.82, 2.24) is 0 Å². The number of anilines is 2. The van der Waals surface area contributed by atoms with E-state index in [4.69, 9.17) is 11.0 Å². The first-order valence-electron chi connectivity index (χ1n) is 5.96. The number of amides is 1.